The number of para-hydroxylation sites is 1. The molecule has 1 aliphatic rings. The maximum atomic E-state index is 12.8. The Bertz CT molecular complexity index is 926. The summed E-state index contributed by atoms with van der Waals surface area (Å²) < 4.78 is 2.95. The van der Waals surface area contributed by atoms with Crippen molar-refractivity contribution < 1.29 is 0 Å². The molecule has 0 fully saturated rings. The topological polar surface area (TPSA) is 34.9 Å². The molecule has 0 unspecified atom stereocenters. The van der Waals surface area contributed by atoms with E-state index in [1.807, 2.05) is 41.7 Å². The number of rotatable bonds is 3. The number of aryl methyl sites for hydroxylation is 2. The van der Waals surface area contributed by atoms with Crippen molar-refractivity contribution in [2.24, 2.45) is 0 Å². The summed E-state index contributed by atoms with van der Waals surface area (Å²) in [4.78, 5) is 18.7. The van der Waals surface area contributed by atoms with Gasteiger partial charge in [-0.1, -0.05) is 32.0 Å². The van der Waals surface area contributed by atoms with Crippen molar-refractivity contribution in [1.82, 2.24) is 9.55 Å². The molecule has 0 saturated carbocycles. The van der Waals surface area contributed by atoms with E-state index in [0.717, 1.165) is 29.1 Å². The molecule has 3 aromatic rings. The highest BCUT2D eigenvalue weighted by Crippen LogP contribution is 2.41. The van der Waals surface area contributed by atoms with Gasteiger partial charge >= 0.3 is 5.69 Å². The van der Waals surface area contributed by atoms with Crippen molar-refractivity contribution in [2.75, 3.05) is 0 Å². The Labute approximate surface area is 143 Å². The van der Waals surface area contributed by atoms with Gasteiger partial charge in [-0.15, -0.1) is 23.1 Å². The second-order valence-electron chi connectivity index (χ2n) is 6.07. The molecule has 0 N–H and O–H groups in total. The molecule has 0 radical (unpaired) electrons. The molecule has 2 heterocycles. The Hall–Kier alpha value is -1.59. The molecular weight excluding hydrogens is 324 g/mol. The predicted octanol–water partition coefficient (Wildman–Crippen LogP) is 4.44. The zero-order valence-electron chi connectivity index (χ0n) is 13.2. The lowest BCUT2D eigenvalue weighted by Gasteiger charge is -2.14. The fraction of sp³-hybridized carbons (Fsp3) is 0.333. The van der Waals surface area contributed by atoms with Gasteiger partial charge in [-0.2, -0.15) is 4.98 Å². The lowest BCUT2D eigenvalue weighted by atomic mass is 10.2. The van der Waals surface area contributed by atoms with Crippen LogP contribution in [0.4, 0.5) is 0 Å². The first kappa shape index (κ1) is 15.0. The van der Waals surface area contributed by atoms with Gasteiger partial charge in [0.1, 0.15) is 5.03 Å². The molecule has 23 heavy (non-hydrogen) atoms. The van der Waals surface area contributed by atoms with Crippen molar-refractivity contribution in [3.05, 3.63) is 51.3 Å². The standard InChI is InChI=1S/C18H18N2OS2/c1-11(2)22-17-16-15(13-9-6-10-14(13)23-16)19-18(21)20(17)12-7-4-3-5-8-12/h3-5,7-8,11H,6,9-10H2,1-2H3. The molecule has 1 aliphatic carbocycles. The summed E-state index contributed by atoms with van der Waals surface area (Å²) in [5.74, 6) is 0. The quantitative estimate of drug-likeness (QED) is 0.521. The average Bonchev–Trinajstić information content (AvgIpc) is 3.10. The number of thiophene rings is 1. The zero-order valence-corrected chi connectivity index (χ0v) is 14.8. The molecule has 0 bridgehead atoms. The van der Waals surface area contributed by atoms with Gasteiger partial charge in [0.25, 0.3) is 0 Å². The molecule has 0 spiro atoms. The molecule has 118 valence electrons. The predicted molar refractivity (Wildman–Crippen MR) is 98.2 cm³/mol. The zero-order chi connectivity index (χ0) is 16.0. The highest BCUT2D eigenvalue weighted by molar-refractivity contribution is 8.00. The Balaban J connectivity index is 2.06. The van der Waals surface area contributed by atoms with Crippen LogP contribution in [0, 0.1) is 0 Å². The van der Waals surface area contributed by atoms with Crippen LogP contribution >= 0.6 is 23.1 Å². The van der Waals surface area contributed by atoms with Crippen LogP contribution in [0.15, 0.2) is 40.2 Å². The first-order valence-electron chi connectivity index (χ1n) is 7.94. The minimum absolute atomic E-state index is 0.167. The monoisotopic (exact) mass is 342 g/mol. The van der Waals surface area contributed by atoms with Crippen LogP contribution in [0.5, 0.6) is 0 Å². The summed E-state index contributed by atoms with van der Waals surface area (Å²) in [6.07, 6.45) is 3.37. The number of hydrogen-bond acceptors (Lipinski definition) is 4. The number of aromatic nitrogens is 2. The van der Waals surface area contributed by atoms with Crippen molar-refractivity contribution in [3.63, 3.8) is 0 Å². The summed E-state index contributed by atoms with van der Waals surface area (Å²) in [6, 6.07) is 9.84. The van der Waals surface area contributed by atoms with E-state index in [4.69, 9.17) is 0 Å². The van der Waals surface area contributed by atoms with Gasteiger partial charge in [-0.25, -0.2) is 4.79 Å². The lowest BCUT2D eigenvalue weighted by molar-refractivity contribution is 0.846. The second kappa shape index (κ2) is 5.80. The minimum Gasteiger partial charge on any atom is -0.254 e. The molecule has 3 nitrogen and oxygen atoms in total. The van der Waals surface area contributed by atoms with Crippen molar-refractivity contribution >= 4 is 33.3 Å². The normalized spacial score (nSPS) is 13.9. The molecule has 1 aromatic carbocycles. The number of fused-ring (bicyclic) bond motifs is 3. The fourth-order valence-corrected chi connectivity index (χ4v) is 5.59. The second-order valence-corrected chi connectivity index (χ2v) is 8.74. The van der Waals surface area contributed by atoms with Crippen LogP contribution in [-0.2, 0) is 12.8 Å². The Morgan fingerprint density at radius 2 is 2.00 bits per heavy atom. The largest absolute Gasteiger partial charge is 0.353 e. The number of thioether (sulfide) groups is 1. The van der Waals surface area contributed by atoms with Gasteiger partial charge in [0, 0.05) is 10.1 Å². The van der Waals surface area contributed by atoms with Crippen LogP contribution in [0.1, 0.15) is 30.7 Å². The molecule has 2 aromatic heterocycles. The molecule has 0 saturated heterocycles. The van der Waals surface area contributed by atoms with Crippen LogP contribution in [-0.4, -0.2) is 14.8 Å². The van der Waals surface area contributed by atoms with Gasteiger partial charge in [-0.05, 0) is 37.0 Å². The third-order valence-electron chi connectivity index (χ3n) is 4.05. The molecule has 0 amide bonds. The third-order valence-corrected chi connectivity index (χ3v) is 6.55. The Kier molecular flexibility index (Phi) is 3.77. The third kappa shape index (κ3) is 2.52. The minimum atomic E-state index is -0.167. The number of hydrogen-bond donors (Lipinski definition) is 0. The summed E-state index contributed by atoms with van der Waals surface area (Å²) in [7, 11) is 0. The van der Waals surface area contributed by atoms with E-state index in [1.54, 1.807) is 16.3 Å². The molecule has 5 heteroatoms. The van der Waals surface area contributed by atoms with Crippen LogP contribution < -0.4 is 5.69 Å². The summed E-state index contributed by atoms with van der Waals surface area (Å²) in [5.41, 5.74) is 2.98. The maximum Gasteiger partial charge on any atom is 0.353 e. The Morgan fingerprint density at radius 1 is 1.22 bits per heavy atom. The van der Waals surface area contributed by atoms with E-state index >= 15 is 0 Å². The van der Waals surface area contributed by atoms with E-state index in [2.05, 4.69) is 18.8 Å². The highest BCUT2D eigenvalue weighted by Gasteiger charge is 2.24. The molecule has 0 atom stereocenters. The molecule has 0 aliphatic heterocycles. The average molecular weight is 342 g/mol. The van der Waals surface area contributed by atoms with Gasteiger partial charge in [0.2, 0.25) is 0 Å². The number of nitrogens with zero attached hydrogens (tertiary/aromatic N) is 2. The maximum absolute atomic E-state index is 12.8. The molecular formula is C18H18N2OS2. The van der Waals surface area contributed by atoms with E-state index < -0.39 is 0 Å². The Morgan fingerprint density at radius 3 is 2.74 bits per heavy atom. The number of benzene rings is 1. The van der Waals surface area contributed by atoms with E-state index in [0.29, 0.717) is 5.25 Å². The van der Waals surface area contributed by atoms with Crippen LogP contribution in [0.3, 0.4) is 0 Å². The SMILES string of the molecule is CC(C)Sc1c2sc3c(c2nc(=O)n1-c1ccccc1)CCC3. The fourth-order valence-electron chi connectivity index (χ4n) is 3.12. The highest BCUT2D eigenvalue weighted by atomic mass is 32.2. The summed E-state index contributed by atoms with van der Waals surface area (Å²) in [5, 5.41) is 1.45. The van der Waals surface area contributed by atoms with Crippen molar-refractivity contribution in [1.29, 1.82) is 0 Å². The van der Waals surface area contributed by atoms with Gasteiger partial charge < -0.3 is 0 Å². The van der Waals surface area contributed by atoms with Crippen molar-refractivity contribution in [3.8, 4) is 5.69 Å². The van der Waals surface area contributed by atoms with Gasteiger partial charge in [0.05, 0.1) is 15.9 Å². The van der Waals surface area contributed by atoms with Crippen LogP contribution in [0.25, 0.3) is 15.9 Å². The van der Waals surface area contributed by atoms with E-state index in [-0.39, 0.29) is 5.69 Å². The first-order valence-corrected chi connectivity index (χ1v) is 9.64. The van der Waals surface area contributed by atoms with Crippen molar-refractivity contribution in [2.45, 2.75) is 43.4 Å². The van der Waals surface area contributed by atoms with E-state index in [9.17, 15) is 4.79 Å². The first-order chi connectivity index (χ1) is 11.1. The van der Waals surface area contributed by atoms with Gasteiger partial charge in [0.15, 0.2) is 0 Å². The lowest BCUT2D eigenvalue weighted by Crippen LogP contribution is -2.23. The van der Waals surface area contributed by atoms with Crippen LogP contribution in [0.2, 0.25) is 0 Å². The van der Waals surface area contributed by atoms with Gasteiger partial charge in [-0.3, -0.25) is 4.57 Å². The summed E-state index contributed by atoms with van der Waals surface area (Å²) >= 11 is 3.58. The smallest absolute Gasteiger partial charge is 0.254 e. The summed E-state index contributed by atoms with van der Waals surface area (Å²) in [6.45, 7) is 4.33. The van der Waals surface area contributed by atoms with E-state index in [1.165, 1.54) is 21.6 Å². The molecule has 4 rings (SSSR count).